The second kappa shape index (κ2) is 7.18. The van der Waals surface area contributed by atoms with E-state index in [1.165, 1.54) is 0 Å². The van der Waals surface area contributed by atoms with Crippen molar-refractivity contribution >= 4 is 23.1 Å². The quantitative estimate of drug-likeness (QED) is 0.707. The molecule has 3 aromatic rings. The van der Waals surface area contributed by atoms with E-state index >= 15 is 0 Å². The van der Waals surface area contributed by atoms with Gasteiger partial charge in [0.2, 0.25) is 0 Å². The minimum absolute atomic E-state index is 0.179. The molecule has 4 nitrogen and oxygen atoms in total. The molecule has 126 valence electrons. The number of aryl methyl sites for hydroxylation is 3. The number of carbonyl (C=O) groups excluding carboxylic acids is 1. The van der Waals surface area contributed by atoms with Crippen LogP contribution in [0.3, 0.4) is 0 Å². The molecule has 0 aliphatic heterocycles. The lowest BCUT2D eigenvalue weighted by Gasteiger charge is -2.15. The first-order valence-electron chi connectivity index (χ1n) is 8.21. The lowest BCUT2D eigenvalue weighted by atomic mass is 10.1. The summed E-state index contributed by atoms with van der Waals surface area (Å²) >= 11 is 0. The van der Waals surface area contributed by atoms with Crippen molar-refractivity contribution in [3.8, 4) is 0 Å². The molecule has 3 rings (SSSR count). The first-order chi connectivity index (χ1) is 12.1. The van der Waals surface area contributed by atoms with E-state index in [9.17, 15) is 4.79 Å². The van der Waals surface area contributed by atoms with Crippen molar-refractivity contribution in [2.75, 3.05) is 10.6 Å². The van der Waals surface area contributed by atoms with Crippen molar-refractivity contribution in [1.82, 2.24) is 4.98 Å². The molecule has 0 bridgehead atoms. The largest absolute Gasteiger partial charge is 0.339 e. The number of rotatable bonds is 4. The number of amides is 1. The monoisotopic (exact) mass is 331 g/mol. The van der Waals surface area contributed by atoms with Crippen molar-refractivity contribution < 1.29 is 4.79 Å². The molecule has 0 saturated carbocycles. The topological polar surface area (TPSA) is 54.0 Å². The molecule has 0 aliphatic rings. The minimum Gasteiger partial charge on any atom is -0.339 e. The Morgan fingerprint density at radius 1 is 0.840 bits per heavy atom. The number of nitrogens with one attached hydrogen (secondary N) is 2. The van der Waals surface area contributed by atoms with Gasteiger partial charge in [0.05, 0.1) is 5.56 Å². The molecule has 2 aromatic carbocycles. The molecule has 0 saturated heterocycles. The van der Waals surface area contributed by atoms with Gasteiger partial charge in [-0.05, 0) is 55.7 Å². The van der Waals surface area contributed by atoms with Gasteiger partial charge < -0.3 is 10.6 Å². The molecule has 0 atom stereocenters. The summed E-state index contributed by atoms with van der Waals surface area (Å²) in [4.78, 5) is 17.2. The molecule has 0 aliphatic carbocycles. The number of pyridine rings is 1. The molecular formula is C21H21N3O. The van der Waals surface area contributed by atoms with Crippen molar-refractivity contribution in [2.45, 2.75) is 20.8 Å². The van der Waals surface area contributed by atoms with E-state index in [0.717, 1.165) is 28.1 Å². The van der Waals surface area contributed by atoms with Crippen LogP contribution in [0.5, 0.6) is 0 Å². The van der Waals surface area contributed by atoms with Gasteiger partial charge in [-0.25, -0.2) is 4.98 Å². The van der Waals surface area contributed by atoms with E-state index in [0.29, 0.717) is 11.4 Å². The van der Waals surface area contributed by atoms with Crippen LogP contribution in [-0.4, -0.2) is 10.9 Å². The first kappa shape index (κ1) is 16.7. The van der Waals surface area contributed by atoms with Gasteiger partial charge >= 0.3 is 0 Å². The highest BCUT2D eigenvalue weighted by atomic mass is 16.1. The zero-order chi connectivity index (χ0) is 17.8. The van der Waals surface area contributed by atoms with Crippen molar-refractivity contribution in [1.29, 1.82) is 0 Å². The van der Waals surface area contributed by atoms with E-state index < -0.39 is 0 Å². The first-order valence-corrected chi connectivity index (χ1v) is 8.21. The van der Waals surface area contributed by atoms with Crippen LogP contribution >= 0.6 is 0 Å². The van der Waals surface area contributed by atoms with E-state index in [1.54, 1.807) is 18.3 Å². The molecule has 4 heteroatoms. The van der Waals surface area contributed by atoms with Gasteiger partial charge in [0.1, 0.15) is 5.82 Å². The molecule has 0 spiro atoms. The third-order valence-corrected chi connectivity index (χ3v) is 4.17. The van der Waals surface area contributed by atoms with Gasteiger partial charge in [0, 0.05) is 17.6 Å². The Balaban J connectivity index is 1.90. The fourth-order valence-corrected chi connectivity index (χ4v) is 2.72. The van der Waals surface area contributed by atoms with Crippen LogP contribution in [0.15, 0.2) is 60.8 Å². The molecule has 0 fully saturated rings. The zero-order valence-electron chi connectivity index (χ0n) is 14.6. The Morgan fingerprint density at radius 3 is 2.24 bits per heavy atom. The molecular weight excluding hydrogens is 310 g/mol. The number of hydrogen-bond acceptors (Lipinski definition) is 3. The summed E-state index contributed by atoms with van der Waals surface area (Å²) in [5, 5.41) is 6.28. The maximum absolute atomic E-state index is 12.8. The van der Waals surface area contributed by atoms with Crippen LogP contribution in [0.2, 0.25) is 0 Å². The summed E-state index contributed by atoms with van der Waals surface area (Å²) in [7, 11) is 0. The predicted octanol–water partition coefficient (Wildman–Crippen LogP) is 5.00. The zero-order valence-corrected chi connectivity index (χ0v) is 14.6. The predicted molar refractivity (Wildman–Crippen MR) is 103 cm³/mol. The van der Waals surface area contributed by atoms with Crippen LogP contribution < -0.4 is 10.6 Å². The van der Waals surface area contributed by atoms with E-state index in [2.05, 4.69) is 15.6 Å². The van der Waals surface area contributed by atoms with E-state index in [-0.39, 0.29) is 5.91 Å². The Labute approximate surface area is 147 Å². The van der Waals surface area contributed by atoms with Gasteiger partial charge in [0.15, 0.2) is 0 Å². The summed E-state index contributed by atoms with van der Waals surface area (Å²) in [6.07, 6.45) is 1.68. The third kappa shape index (κ3) is 3.69. The maximum atomic E-state index is 12.8. The normalized spacial score (nSPS) is 10.4. The number of para-hydroxylation sites is 2. The fraction of sp³-hybridized carbons (Fsp3) is 0.143. The van der Waals surface area contributed by atoms with Crippen LogP contribution in [0.1, 0.15) is 27.0 Å². The highest BCUT2D eigenvalue weighted by Gasteiger charge is 2.15. The van der Waals surface area contributed by atoms with Gasteiger partial charge in [-0.15, -0.1) is 0 Å². The standard InChI is InChI=1S/C21H21N3O/c1-14-8-4-5-12-18(14)23-20-17(11-7-13-22-20)21(25)24-19-15(2)9-6-10-16(19)3/h4-13H,1-3H3,(H,22,23)(H,24,25). The molecule has 2 N–H and O–H groups in total. The van der Waals surface area contributed by atoms with Crippen LogP contribution in [0.4, 0.5) is 17.2 Å². The average molecular weight is 331 g/mol. The Bertz CT molecular complexity index is 898. The molecule has 1 amide bonds. The Morgan fingerprint density at radius 2 is 1.52 bits per heavy atom. The van der Waals surface area contributed by atoms with Crippen LogP contribution in [-0.2, 0) is 0 Å². The summed E-state index contributed by atoms with van der Waals surface area (Å²) in [5.74, 6) is 0.363. The van der Waals surface area contributed by atoms with Gasteiger partial charge in [0.25, 0.3) is 5.91 Å². The highest BCUT2D eigenvalue weighted by Crippen LogP contribution is 2.24. The maximum Gasteiger partial charge on any atom is 0.259 e. The lowest BCUT2D eigenvalue weighted by Crippen LogP contribution is -2.16. The molecule has 0 radical (unpaired) electrons. The smallest absolute Gasteiger partial charge is 0.259 e. The van der Waals surface area contributed by atoms with Crippen LogP contribution in [0, 0.1) is 20.8 Å². The fourth-order valence-electron chi connectivity index (χ4n) is 2.72. The van der Waals surface area contributed by atoms with Crippen LogP contribution in [0.25, 0.3) is 0 Å². The van der Waals surface area contributed by atoms with Crippen molar-refractivity contribution in [3.05, 3.63) is 83.0 Å². The minimum atomic E-state index is -0.179. The number of nitrogens with zero attached hydrogens (tertiary/aromatic N) is 1. The summed E-state index contributed by atoms with van der Waals surface area (Å²) in [5.41, 5.74) is 5.44. The van der Waals surface area contributed by atoms with Gasteiger partial charge in [-0.2, -0.15) is 0 Å². The second-order valence-corrected chi connectivity index (χ2v) is 6.06. The lowest BCUT2D eigenvalue weighted by molar-refractivity contribution is 0.102. The van der Waals surface area contributed by atoms with Crippen molar-refractivity contribution in [2.24, 2.45) is 0 Å². The SMILES string of the molecule is Cc1ccccc1Nc1ncccc1C(=O)Nc1c(C)cccc1C. The number of benzene rings is 2. The highest BCUT2D eigenvalue weighted by molar-refractivity contribution is 6.08. The van der Waals surface area contributed by atoms with Gasteiger partial charge in [-0.3, -0.25) is 4.79 Å². The summed E-state index contributed by atoms with van der Waals surface area (Å²) < 4.78 is 0. The third-order valence-electron chi connectivity index (χ3n) is 4.17. The average Bonchev–Trinajstić information content (AvgIpc) is 2.60. The van der Waals surface area contributed by atoms with E-state index in [4.69, 9.17) is 0 Å². The molecule has 1 heterocycles. The Hall–Kier alpha value is -3.14. The summed E-state index contributed by atoms with van der Waals surface area (Å²) in [6.45, 7) is 5.98. The number of anilines is 3. The number of aromatic nitrogens is 1. The molecule has 25 heavy (non-hydrogen) atoms. The Kier molecular flexibility index (Phi) is 4.80. The van der Waals surface area contributed by atoms with Crippen molar-refractivity contribution in [3.63, 3.8) is 0 Å². The molecule has 0 unspecified atom stereocenters. The van der Waals surface area contributed by atoms with Gasteiger partial charge in [-0.1, -0.05) is 36.4 Å². The second-order valence-electron chi connectivity index (χ2n) is 6.06. The van der Waals surface area contributed by atoms with E-state index in [1.807, 2.05) is 63.2 Å². The summed E-state index contributed by atoms with van der Waals surface area (Å²) in [6, 6.07) is 17.4. The molecule has 1 aromatic heterocycles. The number of carbonyl (C=O) groups is 1. The number of hydrogen-bond donors (Lipinski definition) is 2.